The van der Waals surface area contributed by atoms with Gasteiger partial charge in [0, 0.05) is 0 Å². The van der Waals surface area contributed by atoms with Crippen molar-refractivity contribution in [3.05, 3.63) is 87.4 Å². The minimum absolute atomic E-state index is 0.00207. The molecule has 1 unspecified atom stereocenters. The van der Waals surface area contributed by atoms with Crippen LogP contribution < -0.4 is 22.5 Å². The molecule has 3 aliphatic heterocycles. The van der Waals surface area contributed by atoms with Crippen molar-refractivity contribution in [1.29, 1.82) is 5.26 Å². The van der Waals surface area contributed by atoms with Gasteiger partial charge in [-0.25, -0.2) is 0 Å². The SMILES string of the molecule is N#Cc1cccc(C(=O)N2CCC(C3=NC4=C(Br)C=I[I-]CC4C(NCc4cccnc4)=C3)CC2)c1. The van der Waals surface area contributed by atoms with Crippen molar-refractivity contribution in [3.63, 3.8) is 0 Å². The Bertz CT molecular complexity index is 1310. The van der Waals surface area contributed by atoms with Crippen LogP contribution in [0.5, 0.6) is 0 Å². The first-order valence-corrected chi connectivity index (χ1v) is 21.6. The number of pyridine rings is 1. The molecule has 0 spiro atoms. The number of fused-ring (bicyclic) bond motifs is 1. The molecule has 0 aliphatic carbocycles. The fraction of sp³-hybridized carbons (Fsp3) is 0.296. The first-order chi connectivity index (χ1) is 17.6. The molecule has 1 amide bonds. The maximum absolute atomic E-state index is 13.0. The summed E-state index contributed by atoms with van der Waals surface area (Å²) in [7, 11) is 0. The Morgan fingerprint density at radius 2 is 2.14 bits per heavy atom. The monoisotopic (exact) mass is 768 g/mol. The molecule has 0 radical (unpaired) electrons. The summed E-state index contributed by atoms with van der Waals surface area (Å²) < 4.78 is 4.81. The van der Waals surface area contributed by atoms with E-state index < -0.39 is 0 Å². The van der Waals surface area contributed by atoms with Crippen molar-refractivity contribution in [3.8, 4) is 6.07 Å². The van der Waals surface area contributed by atoms with Crippen LogP contribution in [0.25, 0.3) is 0 Å². The Kier molecular flexibility index (Phi) is 8.64. The van der Waals surface area contributed by atoms with E-state index in [0.717, 1.165) is 25.1 Å². The van der Waals surface area contributed by atoms with Crippen LogP contribution in [0, 0.1) is 23.2 Å². The molecule has 6 nitrogen and oxygen atoms in total. The molecule has 0 bridgehead atoms. The zero-order valence-electron chi connectivity index (χ0n) is 19.5. The molecule has 3 aliphatic rings. The number of nitrogens with zero attached hydrogens (tertiary/aromatic N) is 4. The molecule has 1 saturated heterocycles. The molecule has 1 fully saturated rings. The Morgan fingerprint density at radius 3 is 2.92 bits per heavy atom. The predicted molar refractivity (Wildman–Crippen MR) is 151 cm³/mol. The van der Waals surface area contributed by atoms with E-state index in [-0.39, 0.29) is 39.9 Å². The average Bonchev–Trinajstić information content (AvgIpc) is 3.13. The molecular formula is C27H25BrI2N5O-. The van der Waals surface area contributed by atoms with E-state index in [2.05, 4.69) is 48.5 Å². The van der Waals surface area contributed by atoms with Crippen molar-refractivity contribution in [1.82, 2.24) is 15.2 Å². The number of nitrogens with one attached hydrogen (secondary N) is 1. The summed E-state index contributed by atoms with van der Waals surface area (Å²) in [5.41, 5.74) is 5.83. The summed E-state index contributed by atoms with van der Waals surface area (Å²) in [5, 5.41) is 12.9. The number of carbonyl (C=O) groups is 1. The molecule has 1 aromatic carbocycles. The van der Waals surface area contributed by atoms with Crippen LogP contribution in [0.1, 0.15) is 34.3 Å². The van der Waals surface area contributed by atoms with Crippen LogP contribution in [0.2, 0.25) is 0 Å². The van der Waals surface area contributed by atoms with Crippen LogP contribution in [-0.2, 0) is 6.54 Å². The average molecular weight is 769 g/mol. The molecule has 5 rings (SSSR count). The Labute approximate surface area is 236 Å². The third kappa shape index (κ3) is 5.97. The van der Waals surface area contributed by atoms with E-state index in [4.69, 9.17) is 10.3 Å². The van der Waals surface area contributed by atoms with Crippen LogP contribution in [0.4, 0.5) is 0 Å². The zero-order chi connectivity index (χ0) is 24.9. The van der Waals surface area contributed by atoms with E-state index in [1.807, 2.05) is 17.2 Å². The van der Waals surface area contributed by atoms with Gasteiger partial charge in [-0.3, -0.25) is 0 Å². The topological polar surface area (TPSA) is 81.4 Å². The maximum atomic E-state index is 13.0. The molecule has 4 heterocycles. The predicted octanol–water partition coefficient (Wildman–Crippen LogP) is 1.95. The number of halogens is 3. The summed E-state index contributed by atoms with van der Waals surface area (Å²) in [4.78, 5) is 24.4. The minimum atomic E-state index is 0.00207. The Hall–Kier alpha value is -1.91. The third-order valence-corrected chi connectivity index (χ3v) is 16.5. The number of alkyl halides is 1. The number of likely N-dealkylation sites (tertiary alicyclic amines) is 1. The molecule has 1 atom stereocenters. The van der Waals surface area contributed by atoms with Gasteiger partial charge in [-0.05, 0) is 6.07 Å². The second-order valence-electron chi connectivity index (χ2n) is 8.84. The van der Waals surface area contributed by atoms with Gasteiger partial charge in [-0.15, -0.1) is 0 Å². The molecule has 2 aromatic rings. The van der Waals surface area contributed by atoms with Gasteiger partial charge in [0.15, 0.2) is 0 Å². The molecule has 0 saturated carbocycles. The van der Waals surface area contributed by atoms with Crippen molar-refractivity contribution in [2.75, 3.05) is 17.5 Å². The fourth-order valence-corrected chi connectivity index (χ4v) is 16.1. The number of aromatic nitrogens is 1. The van der Waals surface area contributed by atoms with E-state index in [0.29, 0.717) is 36.1 Å². The van der Waals surface area contributed by atoms with E-state index >= 15 is 0 Å². The number of hydrogen-bond donors (Lipinski definition) is 1. The summed E-state index contributed by atoms with van der Waals surface area (Å²) in [6.07, 6.45) is 7.77. The third-order valence-electron chi connectivity index (χ3n) is 6.57. The van der Waals surface area contributed by atoms with Gasteiger partial charge in [0.2, 0.25) is 0 Å². The van der Waals surface area contributed by atoms with Gasteiger partial charge < -0.3 is 0 Å². The zero-order valence-corrected chi connectivity index (χ0v) is 25.4. The first kappa shape index (κ1) is 25.7. The normalized spacial score (nSPS) is 20.6. The Morgan fingerprint density at radius 1 is 1.28 bits per heavy atom. The fourth-order valence-electron chi connectivity index (χ4n) is 4.62. The molecular weight excluding hydrogens is 744 g/mol. The molecule has 1 N–H and O–H groups in total. The summed E-state index contributed by atoms with van der Waals surface area (Å²) >= 11 is 4.19. The number of rotatable bonds is 5. The summed E-state index contributed by atoms with van der Waals surface area (Å²) in [6.45, 7) is 2.14. The first-order valence-electron chi connectivity index (χ1n) is 11.8. The number of piperidine rings is 1. The Balaban J connectivity index is 1.33. The molecule has 9 heteroatoms. The number of dihydropyridines is 1. The van der Waals surface area contributed by atoms with Crippen LogP contribution in [0.3, 0.4) is 0 Å². The van der Waals surface area contributed by atoms with Gasteiger partial charge in [0.05, 0.1) is 11.6 Å². The van der Waals surface area contributed by atoms with E-state index in [9.17, 15) is 4.79 Å². The number of allylic oxidation sites excluding steroid dienone is 2. The number of hydrogen-bond acceptors (Lipinski definition) is 5. The number of carbonyl (C=O) groups excluding carboxylic acids is 1. The summed E-state index contributed by atoms with van der Waals surface area (Å²) in [5.74, 6) is 0.651. The van der Waals surface area contributed by atoms with Gasteiger partial charge >= 0.3 is 209 Å². The molecule has 36 heavy (non-hydrogen) atoms. The molecule has 1 aromatic heterocycles. The summed E-state index contributed by atoms with van der Waals surface area (Å²) in [6, 6.07) is 13.2. The number of benzene rings is 1. The van der Waals surface area contributed by atoms with Crippen molar-refractivity contribution >= 4 is 48.3 Å². The quantitative estimate of drug-likeness (QED) is 0.373. The van der Waals surface area contributed by atoms with Crippen molar-refractivity contribution < 1.29 is 22.0 Å². The molecule has 186 valence electrons. The van der Waals surface area contributed by atoms with Crippen molar-refractivity contribution in [2.45, 2.75) is 19.4 Å². The van der Waals surface area contributed by atoms with Gasteiger partial charge in [0.25, 0.3) is 0 Å². The standard InChI is InChI=1S/C27H25BrI2N5O/c28-23-14-30-29-13-22-25(33-17-19-4-2-8-32-16-19)12-24(34-26(22)23)20-6-9-35(10-7-20)27(36)21-5-1-3-18(11-21)15-31/h1-5,8,11-12,14,16,20,22,33H,6-7,9-10,13,17H2/q-1. The van der Waals surface area contributed by atoms with Crippen LogP contribution in [-0.4, -0.2) is 43.0 Å². The number of aliphatic imine (C=N–C) groups is 1. The second-order valence-corrected chi connectivity index (χ2v) is 19.3. The van der Waals surface area contributed by atoms with Crippen LogP contribution >= 0.6 is 32.7 Å². The number of nitriles is 1. The van der Waals surface area contributed by atoms with E-state index in [1.165, 1.54) is 25.9 Å². The van der Waals surface area contributed by atoms with Gasteiger partial charge in [0.1, 0.15) is 0 Å². The van der Waals surface area contributed by atoms with Crippen LogP contribution in [0.15, 0.2) is 75.7 Å². The van der Waals surface area contributed by atoms with Crippen molar-refractivity contribution in [2.24, 2.45) is 16.8 Å². The second kappa shape index (κ2) is 12.1. The van der Waals surface area contributed by atoms with Gasteiger partial charge in [-0.2, -0.15) is 5.26 Å². The number of amides is 1. The van der Waals surface area contributed by atoms with E-state index in [1.54, 1.807) is 30.5 Å². The van der Waals surface area contributed by atoms with Gasteiger partial charge in [-0.1, -0.05) is 6.07 Å².